The number of benzene rings is 3. The van der Waals surface area contributed by atoms with Crippen molar-refractivity contribution in [1.82, 2.24) is 14.2 Å². The van der Waals surface area contributed by atoms with Gasteiger partial charge in [-0.1, -0.05) is 41.9 Å². The van der Waals surface area contributed by atoms with Gasteiger partial charge in [0.2, 0.25) is 0 Å². The summed E-state index contributed by atoms with van der Waals surface area (Å²) in [7, 11) is 0. The molecule has 0 saturated carbocycles. The van der Waals surface area contributed by atoms with E-state index in [9.17, 15) is 9.18 Å². The summed E-state index contributed by atoms with van der Waals surface area (Å²) in [6, 6.07) is 21.7. The number of hydrogen-bond acceptors (Lipinski definition) is 4. The van der Waals surface area contributed by atoms with Gasteiger partial charge in [0, 0.05) is 33.0 Å². The van der Waals surface area contributed by atoms with Gasteiger partial charge in [0.25, 0.3) is 5.56 Å². The van der Waals surface area contributed by atoms with Crippen molar-refractivity contribution in [3.05, 3.63) is 122 Å². The van der Waals surface area contributed by atoms with Gasteiger partial charge in [0.15, 0.2) is 0 Å². The third kappa shape index (κ3) is 5.63. The summed E-state index contributed by atoms with van der Waals surface area (Å²) in [6.07, 6.45) is 2.56. The third-order valence-corrected chi connectivity index (χ3v) is 7.55. The molecule has 0 radical (unpaired) electrons. The minimum absolute atomic E-state index is 0.0620. The maximum atomic E-state index is 13.5. The smallest absolute Gasteiger partial charge is 0.282 e. The fourth-order valence-corrected chi connectivity index (χ4v) is 5.06. The second kappa shape index (κ2) is 11.6. The number of fused-ring (bicyclic) bond motifs is 1. The molecule has 40 heavy (non-hydrogen) atoms. The van der Waals surface area contributed by atoms with Crippen molar-refractivity contribution in [1.29, 1.82) is 0 Å². The largest absolute Gasteiger partial charge is 0.489 e. The van der Waals surface area contributed by atoms with Crippen LogP contribution in [0, 0.1) is 19.7 Å². The van der Waals surface area contributed by atoms with Crippen molar-refractivity contribution < 1.29 is 9.13 Å². The second-order valence-electron chi connectivity index (χ2n) is 9.88. The Labute approximate surface area is 240 Å². The molecule has 1 atom stereocenters. The van der Waals surface area contributed by atoms with Gasteiger partial charge in [-0.25, -0.2) is 9.37 Å². The number of ether oxygens (including phenoxy) is 1. The highest BCUT2D eigenvalue weighted by Crippen LogP contribution is 2.24. The first kappa shape index (κ1) is 27.5. The Morgan fingerprint density at radius 3 is 2.58 bits per heavy atom. The fraction of sp³-hybridized carbons (Fsp3) is 0.219. The Bertz CT molecular complexity index is 1770. The molecule has 5 aromatic rings. The molecule has 6 nitrogen and oxygen atoms in total. The molecule has 3 aromatic carbocycles. The Balaban J connectivity index is 1.43. The van der Waals surface area contributed by atoms with Crippen LogP contribution < -0.4 is 10.3 Å². The van der Waals surface area contributed by atoms with Crippen molar-refractivity contribution in [3.8, 4) is 11.4 Å². The zero-order chi connectivity index (χ0) is 28.4. The molecule has 0 fully saturated rings. The van der Waals surface area contributed by atoms with E-state index >= 15 is 0 Å². The summed E-state index contributed by atoms with van der Waals surface area (Å²) >= 11 is 3.46. The molecule has 0 saturated heterocycles. The minimum Gasteiger partial charge on any atom is -0.489 e. The first-order valence-corrected chi connectivity index (χ1v) is 14.0. The van der Waals surface area contributed by atoms with E-state index in [0.717, 1.165) is 39.1 Å². The van der Waals surface area contributed by atoms with Crippen LogP contribution in [-0.2, 0) is 6.61 Å². The van der Waals surface area contributed by atoms with Crippen molar-refractivity contribution in [2.45, 2.75) is 46.6 Å². The molecule has 204 valence electrons. The predicted molar refractivity (Wildman–Crippen MR) is 161 cm³/mol. The van der Waals surface area contributed by atoms with Crippen LogP contribution >= 0.6 is 15.9 Å². The van der Waals surface area contributed by atoms with E-state index in [4.69, 9.17) is 9.72 Å². The zero-order valence-electron chi connectivity index (χ0n) is 22.9. The number of aryl methyl sites for hydroxylation is 1. The molecule has 8 heteroatoms. The Morgan fingerprint density at radius 1 is 1.07 bits per heavy atom. The Kier molecular flexibility index (Phi) is 7.98. The van der Waals surface area contributed by atoms with Crippen LogP contribution in [-0.4, -0.2) is 20.4 Å². The highest BCUT2D eigenvalue weighted by atomic mass is 79.9. The lowest BCUT2D eigenvalue weighted by Gasteiger charge is -2.14. The van der Waals surface area contributed by atoms with E-state index in [1.165, 1.54) is 16.8 Å². The summed E-state index contributed by atoms with van der Waals surface area (Å²) in [6.45, 7) is 8.47. The van der Waals surface area contributed by atoms with Crippen molar-refractivity contribution in [2.75, 3.05) is 0 Å². The van der Waals surface area contributed by atoms with E-state index in [2.05, 4.69) is 39.4 Å². The zero-order valence-corrected chi connectivity index (χ0v) is 24.4. The van der Waals surface area contributed by atoms with Gasteiger partial charge in [-0.15, -0.1) is 0 Å². The topological polar surface area (TPSA) is 61.4 Å². The van der Waals surface area contributed by atoms with Gasteiger partial charge < -0.3 is 9.30 Å². The molecular formula is C32H30BrFN4O2. The molecule has 2 aromatic heterocycles. The minimum atomic E-state index is -0.278. The average molecular weight is 602 g/mol. The molecule has 0 spiro atoms. The Hall–Kier alpha value is -4.04. The number of hydrogen-bond donors (Lipinski definition) is 0. The Morgan fingerprint density at radius 2 is 1.85 bits per heavy atom. The number of rotatable bonds is 8. The van der Waals surface area contributed by atoms with E-state index < -0.39 is 0 Å². The van der Waals surface area contributed by atoms with Crippen LogP contribution in [0.1, 0.15) is 54.5 Å². The van der Waals surface area contributed by atoms with Crippen molar-refractivity contribution in [3.63, 3.8) is 0 Å². The van der Waals surface area contributed by atoms with Gasteiger partial charge in [0.1, 0.15) is 24.0 Å². The number of aromatic nitrogens is 3. The number of nitrogens with zero attached hydrogens (tertiary/aromatic N) is 4. The van der Waals surface area contributed by atoms with E-state index in [1.54, 1.807) is 18.3 Å². The molecule has 0 aliphatic carbocycles. The van der Waals surface area contributed by atoms with Crippen LogP contribution in [0.2, 0.25) is 0 Å². The lowest BCUT2D eigenvalue weighted by Crippen LogP contribution is -2.23. The van der Waals surface area contributed by atoms with Crippen LogP contribution in [0.5, 0.6) is 5.75 Å². The molecule has 0 bridgehead atoms. The SMILES string of the molecule is CC[C@@H](C)c1nc2ccc(Br)cc2c(=O)n1N=Cc1cc(C)n(-c2ccc(OCc3cccc(F)c3)cc2)c1C. The quantitative estimate of drug-likeness (QED) is 0.172. The lowest BCUT2D eigenvalue weighted by molar-refractivity contribution is 0.305. The summed E-state index contributed by atoms with van der Waals surface area (Å²) in [5.41, 5.74) is 5.14. The normalized spacial score (nSPS) is 12.3. The van der Waals surface area contributed by atoms with Crippen LogP contribution in [0.4, 0.5) is 4.39 Å². The van der Waals surface area contributed by atoms with Crippen LogP contribution in [0.15, 0.2) is 87.2 Å². The van der Waals surface area contributed by atoms with E-state index in [0.29, 0.717) is 22.5 Å². The van der Waals surface area contributed by atoms with Gasteiger partial charge in [-0.05, 0) is 86.5 Å². The van der Waals surface area contributed by atoms with E-state index in [-0.39, 0.29) is 23.9 Å². The summed E-state index contributed by atoms with van der Waals surface area (Å²) in [5, 5.41) is 5.17. The van der Waals surface area contributed by atoms with Gasteiger partial charge >= 0.3 is 0 Å². The van der Waals surface area contributed by atoms with E-state index in [1.807, 2.05) is 62.4 Å². The molecule has 0 amide bonds. The van der Waals surface area contributed by atoms with Gasteiger partial charge in [0.05, 0.1) is 17.1 Å². The molecule has 0 aliphatic rings. The summed E-state index contributed by atoms with van der Waals surface area (Å²) < 4.78 is 23.7. The highest BCUT2D eigenvalue weighted by Gasteiger charge is 2.16. The van der Waals surface area contributed by atoms with Crippen LogP contribution in [0.3, 0.4) is 0 Å². The fourth-order valence-electron chi connectivity index (χ4n) is 4.70. The first-order chi connectivity index (χ1) is 19.2. The van der Waals surface area contributed by atoms with Crippen LogP contribution in [0.25, 0.3) is 16.6 Å². The summed E-state index contributed by atoms with van der Waals surface area (Å²) in [5.74, 6) is 1.12. The molecule has 0 aliphatic heterocycles. The molecule has 2 heterocycles. The molecular weight excluding hydrogens is 571 g/mol. The standard InChI is InChI=1S/C32H30BrFN4O2/c1-5-20(2)31-36-30-14-9-25(33)17-29(30)32(39)38(31)35-18-24-15-21(3)37(22(24)4)27-10-12-28(13-11-27)40-19-23-7-6-8-26(34)16-23/h6-18,20H,5,19H2,1-4H3/t20-/m1/s1. The third-order valence-electron chi connectivity index (χ3n) is 7.06. The second-order valence-corrected chi connectivity index (χ2v) is 10.8. The first-order valence-electron chi connectivity index (χ1n) is 13.2. The monoisotopic (exact) mass is 600 g/mol. The molecule has 5 rings (SSSR count). The average Bonchev–Trinajstić information content (AvgIpc) is 3.23. The molecule has 0 unspecified atom stereocenters. The van der Waals surface area contributed by atoms with Gasteiger partial charge in [-0.2, -0.15) is 9.78 Å². The number of halogens is 2. The van der Waals surface area contributed by atoms with Crippen molar-refractivity contribution >= 4 is 33.0 Å². The van der Waals surface area contributed by atoms with Crippen molar-refractivity contribution in [2.24, 2.45) is 5.10 Å². The van der Waals surface area contributed by atoms with Gasteiger partial charge in [-0.3, -0.25) is 4.79 Å². The maximum absolute atomic E-state index is 13.5. The predicted octanol–water partition coefficient (Wildman–Crippen LogP) is 7.68. The highest BCUT2D eigenvalue weighted by molar-refractivity contribution is 9.10. The molecule has 0 N–H and O–H groups in total. The lowest BCUT2D eigenvalue weighted by atomic mass is 10.1. The summed E-state index contributed by atoms with van der Waals surface area (Å²) in [4.78, 5) is 18.3. The maximum Gasteiger partial charge on any atom is 0.282 e.